The third-order valence-corrected chi connectivity index (χ3v) is 4.93. The average molecular weight is 338 g/mol. The van der Waals surface area contributed by atoms with Crippen LogP contribution in [0.3, 0.4) is 0 Å². The Labute approximate surface area is 144 Å². The van der Waals surface area contributed by atoms with Crippen molar-refractivity contribution in [1.29, 1.82) is 0 Å². The summed E-state index contributed by atoms with van der Waals surface area (Å²) < 4.78 is 0. The van der Waals surface area contributed by atoms with Gasteiger partial charge in [-0.3, -0.25) is 9.59 Å². The van der Waals surface area contributed by atoms with Crippen molar-refractivity contribution >= 4 is 17.2 Å². The van der Waals surface area contributed by atoms with Crippen molar-refractivity contribution in [3.63, 3.8) is 0 Å². The molecule has 0 fully saturated rings. The molecule has 1 N–H and O–H groups in total. The minimum absolute atomic E-state index is 0.159. The number of carbonyl (C=O) groups is 1. The van der Waals surface area contributed by atoms with Gasteiger partial charge in [0.05, 0.1) is 6.54 Å². The van der Waals surface area contributed by atoms with E-state index in [1.807, 2.05) is 48.7 Å². The fourth-order valence-corrected chi connectivity index (χ4v) is 3.45. The number of nitrogens with zero attached hydrogens (tertiary/aromatic N) is 1. The van der Waals surface area contributed by atoms with Gasteiger partial charge in [0.2, 0.25) is 0 Å². The standard InChI is InChI=1S/C19H18N2O2S/c1-13-10-11-24-17(13)12-21(2)19(23)15-8-9-16(20-18(15)22)14-6-4-3-5-7-14/h3-11H,12H2,1-2H3,(H,20,22). The largest absolute Gasteiger partial charge is 0.336 e. The second-order valence-electron chi connectivity index (χ2n) is 5.67. The number of rotatable bonds is 4. The number of hydrogen-bond acceptors (Lipinski definition) is 3. The number of carbonyl (C=O) groups excluding carboxylic acids is 1. The SMILES string of the molecule is Cc1ccsc1CN(C)C(=O)c1ccc(-c2ccccc2)[nH]c1=O. The third kappa shape index (κ3) is 3.31. The predicted molar refractivity (Wildman–Crippen MR) is 97.4 cm³/mol. The number of aromatic nitrogens is 1. The van der Waals surface area contributed by atoms with Crippen LogP contribution < -0.4 is 5.56 Å². The molecule has 0 unspecified atom stereocenters. The van der Waals surface area contributed by atoms with Crippen LogP contribution in [0.2, 0.25) is 0 Å². The van der Waals surface area contributed by atoms with Crippen LogP contribution in [0.15, 0.2) is 58.7 Å². The summed E-state index contributed by atoms with van der Waals surface area (Å²) >= 11 is 1.61. The van der Waals surface area contributed by atoms with Crippen molar-refractivity contribution in [2.45, 2.75) is 13.5 Å². The summed E-state index contributed by atoms with van der Waals surface area (Å²) in [6, 6.07) is 15.0. The fraction of sp³-hybridized carbons (Fsp3) is 0.158. The Morgan fingerprint density at radius 1 is 1.12 bits per heavy atom. The Kier molecular flexibility index (Phi) is 4.62. The summed E-state index contributed by atoms with van der Waals surface area (Å²) in [5.74, 6) is -0.274. The highest BCUT2D eigenvalue weighted by atomic mass is 32.1. The quantitative estimate of drug-likeness (QED) is 0.789. The van der Waals surface area contributed by atoms with Crippen molar-refractivity contribution in [3.05, 3.63) is 80.3 Å². The zero-order chi connectivity index (χ0) is 17.1. The Balaban J connectivity index is 1.83. The summed E-state index contributed by atoms with van der Waals surface area (Å²) in [4.78, 5) is 30.4. The van der Waals surface area contributed by atoms with Crippen LogP contribution in [0, 0.1) is 6.92 Å². The molecule has 3 rings (SSSR count). The molecule has 0 aliphatic heterocycles. The van der Waals surface area contributed by atoms with Gasteiger partial charge in [-0.1, -0.05) is 30.3 Å². The highest BCUT2D eigenvalue weighted by Crippen LogP contribution is 2.18. The molecule has 2 aromatic heterocycles. The number of thiophene rings is 1. The van der Waals surface area contributed by atoms with E-state index in [-0.39, 0.29) is 17.0 Å². The molecule has 0 atom stereocenters. The summed E-state index contributed by atoms with van der Waals surface area (Å²) in [6.45, 7) is 2.52. The van der Waals surface area contributed by atoms with E-state index >= 15 is 0 Å². The lowest BCUT2D eigenvalue weighted by atomic mass is 10.1. The molecular weight excluding hydrogens is 320 g/mol. The van der Waals surface area contributed by atoms with Crippen LogP contribution in [0.1, 0.15) is 20.8 Å². The van der Waals surface area contributed by atoms with Gasteiger partial charge in [-0.05, 0) is 41.6 Å². The smallest absolute Gasteiger partial charge is 0.261 e. The molecule has 24 heavy (non-hydrogen) atoms. The summed E-state index contributed by atoms with van der Waals surface area (Å²) in [5.41, 5.74) is 2.57. The fourth-order valence-electron chi connectivity index (χ4n) is 2.49. The summed E-state index contributed by atoms with van der Waals surface area (Å²) in [7, 11) is 1.71. The molecule has 122 valence electrons. The number of nitrogens with one attached hydrogen (secondary N) is 1. The zero-order valence-corrected chi connectivity index (χ0v) is 14.4. The van der Waals surface area contributed by atoms with E-state index in [9.17, 15) is 9.59 Å². The molecule has 5 heteroatoms. The Morgan fingerprint density at radius 3 is 2.50 bits per heavy atom. The van der Waals surface area contributed by atoms with E-state index in [4.69, 9.17) is 0 Å². The molecule has 3 aromatic rings. The van der Waals surface area contributed by atoms with Gasteiger partial charge in [0.1, 0.15) is 5.56 Å². The number of amides is 1. The second-order valence-corrected chi connectivity index (χ2v) is 6.67. The molecule has 0 bridgehead atoms. The maximum absolute atomic E-state index is 12.6. The molecule has 2 heterocycles. The number of pyridine rings is 1. The minimum atomic E-state index is -0.365. The van der Waals surface area contributed by atoms with Crippen molar-refractivity contribution in [2.24, 2.45) is 0 Å². The second kappa shape index (κ2) is 6.84. The van der Waals surface area contributed by atoms with E-state index in [0.717, 1.165) is 16.0 Å². The van der Waals surface area contributed by atoms with Gasteiger partial charge in [-0.2, -0.15) is 0 Å². The van der Waals surface area contributed by atoms with Crippen LogP contribution in [-0.2, 0) is 6.54 Å². The van der Waals surface area contributed by atoms with Gasteiger partial charge < -0.3 is 9.88 Å². The molecule has 1 amide bonds. The van der Waals surface area contributed by atoms with Crippen LogP contribution in [0.5, 0.6) is 0 Å². The number of H-pyrrole nitrogens is 1. The molecule has 1 aromatic carbocycles. The van der Waals surface area contributed by atoms with Crippen molar-refractivity contribution in [2.75, 3.05) is 7.05 Å². The van der Waals surface area contributed by atoms with E-state index in [1.54, 1.807) is 35.4 Å². The Morgan fingerprint density at radius 2 is 1.88 bits per heavy atom. The molecule has 0 saturated carbocycles. The first-order valence-corrected chi connectivity index (χ1v) is 8.51. The van der Waals surface area contributed by atoms with Gasteiger partial charge in [0, 0.05) is 17.6 Å². The summed E-state index contributed by atoms with van der Waals surface area (Å²) in [6.07, 6.45) is 0. The van der Waals surface area contributed by atoms with Crippen molar-refractivity contribution < 1.29 is 4.79 Å². The maximum Gasteiger partial charge on any atom is 0.261 e. The zero-order valence-electron chi connectivity index (χ0n) is 13.6. The molecule has 0 saturated heterocycles. The third-order valence-electron chi connectivity index (χ3n) is 3.92. The van der Waals surface area contributed by atoms with Gasteiger partial charge >= 0.3 is 0 Å². The van der Waals surface area contributed by atoms with Crippen LogP contribution in [0.25, 0.3) is 11.3 Å². The average Bonchev–Trinajstić information content (AvgIpc) is 3.00. The van der Waals surface area contributed by atoms with E-state index < -0.39 is 0 Å². The van der Waals surface area contributed by atoms with Crippen LogP contribution in [-0.4, -0.2) is 22.8 Å². The normalized spacial score (nSPS) is 10.6. The van der Waals surface area contributed by atoms with Crippen LogP contribution in [0.4, 0.5) is 0 Å². The van der Waals surface area contributed by atoms with E-state index in [0.29, 0.717) is 12.2 Å². The van der Waals surface area contributed by atoms with E-state index in [2.05, 4.69) is 4.98 Å². The first kappa shape index (κ1) is 16.2. The van der Waals surface area contributed by atoms with Crippen molar-refractivity contribution in [1.82, 2.24) is 9.88 Å². The lowest BCUT2D eigenvalue weighted by molar-refractivity contribution is 0.0784. The first-order chi connectivity index (χ1) is 11.6. The maximum atomic E-state index is 12.6. The number of aryl methyl sites for hydroxylation is 1. The molecule has 0 aliphatic rings. The predicted octanol–water partition coefficient (Wildman–Crippen LogP) is 3.68. The lowest BCUT2D eigenvalue weighted by Gasteiger charge is -2.16. The van der Waals surface area contributed by atoms with Gasteiger partial charge in [-0.25, -0.2) is 0 Å². The Bertz CT molecular complexity index is 912. The van der Waals surface area contributed by atoms with E-state index in [1.165, 1.54) is 0 Å². The van der Waals surface area contributed by atoms with Gasteiger partial charge in [-0.15, -0.1) is 11.3 Å². The van der Waals surface area contributed by atoms with Gasteiger partial charge in [0.25, 0.3) is 11.5 Å². The molecule has 0 aliphatic carbocycles. The van der Waals surface area contributed by atoms with Gasteiger partial charge in [0.15, 0.2) is 0 Å². The number of hydrogen-bond donors (Lipinski definition) is 1. The molecule has 4 nitrogen and oxygen atoms in total. The summed E-state index contributed by atoms with van der Waals surface area (Å²) in [5, 5.41) is 2.00. The molecule has 0 radical (unpaired) electrons. The highest BCUT2D eigenvalue weighted by Gasteiger charge is 2.17. The molecular formula is C19H18N2O2S. The number of benzene rings is 1. The van der Waals surface area contributed by atoms with Crippen molar-refractivity contribution in [3.8, 4) is 11.3 Å². The highest BCUT2D eigenvalue weighted by molar-refractivity contribution is 7.10. The minimum Gasteiger partial charge on any atom is -0.336 e. The Hall–Kier alpha value is -2.66. The van der Waals surface area contributed by atoms with Crippen LogP contribution >= 0.6 is 11.3 Å². The number of aromatic amines is 1. The lowest BCUT2D eigenvalue weighted by Crippen LogP contribution is -2.31. The monoisotopic (exact) mass is 338 g/mol. The topological polar surface area (TPSA) is 53.2 Å². The molecule has 0 spiro atoms. The first-order valence-electron chi connectivity index (χ1n) is 7.63.